The fourth-order valence-electron chi connectivity index (χ4n) is 1.80. The van der Waals surface area contributed by atoms with Gasteiger partial charge in [-0.3, -0.25) is 4.79 Å². The zero-order valence-electron chi connectivity index (χ0n) is 12.6. The molecule has 0 spiro atoms. The molecule has 1 amide bonds. The number of hydrogen-bond acceptors (Lipinski definition) is 5. The molecule has 2 rings (SSSR count). The van der Waals surface area contributed by atoms with E-state index in [9.17, 15) is 4.79 Å². The van der Waals surface area contributed by atoms with Crippen molar-refractivity contribution < 1.29 is 14.3 Å². The number of rotatable bonds is 7. The Morgan fingerprint density at radius 2 is 1.91 bits per heavy atom. The lowest BCUT2D eigenvalue weighted by atomic mass is 10.2. The van der Waals surface area contributed by atoms with Crippen molar-refractivity contribution in [3.8, 4) is 5.75 Å². The Morgan fingerprint density at radius 1 is 1.14 bits per heavy atom. The summed E-state index contributed by atoms with van der Waals surface area (Å²) in [6, 6.07) is 10.5. The molecule has 0 radical (unpaired) electrons. The molecule has 6 nitrogen and oxygen atoms in total. The average Bonchev–Trinajstić information content (AvgIpc) is 2.57. The van der Waals surface area contributed by atoms with Gasteiger partial charge in [-0.2, -0.15) is 0 Å². The van der Waals surface area contributed by atoms with Crippen LogP contribution in [0.3, 0.4) is 0 Å². The van der Waals surface area contributed by atoms with Crippen LogP contribution < -0.4 is 15.4 Å². The van der Waals surface area contributed by atoms with E-state index in [2.05, 4.69) is 15.6 Å². The number of amides is 1. The number of aromatic nitrogens is 1. The van der Waals surface area contributed by atoms with E-state index in [1.807, 2.05) is 6.07 Å². The molecular formula is C16H19N3O3. The van der Waals surface area contributed by atoms with Crippen molar-refractivity contribution in [2.75, 3.05) is 38.0 Å². The summed E-state index contributed by atoms with van der Waals surface area (Å²) in [6.07, 6.45) is 1.67. The molecule has 2 aromatic rings. The second-order valence-corrected chi connectivity index (χ2v) is 4.53. The minimum absolute atomic E-state index is 0.213. The van der Waals surface area contributed by atoms with Crippen LogP contribution in [0.4, 0.5) is 11.5 Å². The number of nitrogens with one attached hydrogen (secondary N) is 2. The summed E-state index contributed by atoms with van der Waals surface area (Å²) in [4.78, 5) is 16.3. The third kappa shape index (κ3) is 4.46. The van der Waals surface area contributed by atoms with Gasteiger partial charge < -0.3 is 20.1 Å². The highest BCUT2D eigenvalue weighted by Crippen LogP contribution is 2.14. The molecule has 0 aliphatic heterocycles. The predicted octanol–water partition coefficient (Wildman–Crippen LogP) is 2.40. The van der Waals surface area contributed by atoms with Crippen LogP contribution >= 0.6 is 0 Å². The van der Waals surface area contributed by atoms with Crippen LogP contribution in [0.1, 0.15) is 10.4 Å². The standard InChI is InChI=1S/C16H19N3O3/c1-21-10-9-17-13-5-8-15(18-11-13)19-16(20)12-3-6-14(22-2)7-4-12/h3-8,11,17H,9-10H2,1-2H3,(H,18,19,20). The average molecular weight is 301 g/mol. The maximum Gasteiger partial charge on any atom is 0.256 e. The van der Waals surface area contributed by atoms with Gasteiger partial charge in [-0.05, 0) is 36.4 Å². The van der Waals surface area contributed by atoms with E-state index in [-0.39, 0.29) is 5.91 Å². The lowest BCUT2D eigenvalue weighted by Gasteiger charge is -2.08. The zero-order valence-corrected chi connectivity index (χ0v) is 12.6. The lowest BCUT2D eigenvalue weighted by molar-refractivity contribution is 0.102. The van der Waals surface area contributed by atoms with Gasteiger partial charge in [0.1, 0.15) is 11.6 Å². The summed E-state index contributed by atoms with van der Waals surface area (Å²) < 4.78 is 10.0. The first-order chi connectivity index (χ1) is 10.7. The number of carbonyl (C=O) groups is 1. The predicted molar refractivity (Wildman–Crippen MR) is 85.5 cm³/mol. The highest BCUT2D eigenvalue weighted by atomic mass is 16.5. The van der Waals surface area contributed by atoms with Gasteiger partial charge >= 0.3 is 0 Å². The molecule has 0 fully saturated rings. The van der Waals surface area contributed by atoms with E-state index in [1.54, 1.807) is 50.7 Å². The number of hydrogen-bond donors (Lipinski definition) is 2. The van der Waals surface area contributed by atoms with Gasteiger partial charge in [0.2, 0.25) is 0 Å². The highest BCUT2D eigenvalue weighted by Gasteiger charge is 2.06. The molecule has 1 aromatic carbocycles. The summed E-state index contributed by atoms with van der Waals surface area (Å²) in [6.45, 7) is 1.33. The van der Waals surface area contributed by atoms with Crippen molar-refractivity contribution in [1.29, 1.82) is 0 Å². The lowest BCUT2D eigenvalue weighted by Crippen LogP contribution is -2.13. The minimum atomic E-state index is -0.213. The molecule has 0 saturated heterocycles. The molecule has 0 bridgehead atoms. The Kier molecular flexibility index (Phi) is 5.73. The normalized spacial score (nSPS) is 10.1. The topological polar surface area (TPSA) is 72.5 Å². The molecule has 0 saturated carbocycles. The minimum Gasteiger partial charge on any atom is -0.497 e. The summed E-state index contributed by atoms with van der Waals surface area (Å²) in [5, 5.41) is 5.90. The second-order valence-electron chi connectivity index (χ2n) is 4.53. The van der Waals surface area contributed by atoms with E-state index in [0.29, 0.717) is 30.3 Å². The Balaban J connectivity index is 1.93. The SMILES string of the molecule is COCCNc1ccc(NC(=O)c2ccc(OC)cc2)nc1. The maximum atomic E-state index is 12.1. The largest absolute Gasteiger partial charge is 0.497 e. The van der Waals surface area contributed by atoms with Crippen molar-refractivity contribution in [2.24, 2.45) is 0 Å². The number of ether oxygens (including phenoxy) is 2. The quantitative estimate of drug-likeness (QED) is 0.768. The van der Waals surface area contributed by atoms with Gasteiger partial charge in [0.25, 0.3) is 5.91 Å². The van der Waals surface area contributed by atoms with E-state index >= 15 is 0 Å². The molecule has 1 heterocycles. The summed E-state index contributed by atoms with van der Waals surface area (Å²) >= 11 is 0. The Bertz CT molecular complexity index is 597. The second kappa shape index (κ2) is 7.99. The van der Waals surface area contributed by atoms with Crippen molar-refractivity contribution >= 4 is 17.4 Å². The van der Waals surface area contributed by atoms with Crippen LogP contribution in [-0.4, -0.2) is 38.3 Å². The van der Waals surface area contributed by atoms with Gasteiger partial charge in [0.15, 0.2) is 0 Å². The Labute approximate surface area is 129 Å². The molecule has 2 N–H and O–H groups in total. The fraction of sp³-hybridized carbons (Fsp3) is 0.250. The molecular weight excluding hydrogens is 282 g/mol. The highest BCUT2D eigenvalue weighted by molar-refractivity contribution is 6.03. The first-order valence-corrected chi connectivity index (χ1v) is 6.87. The van der Waals surface area contributed by atoms with Gasteiger partial charge in [-0.15, -0.1) is 0 Å². The Morgan fingerprint density at radius 3 is 2.50 bits per heavy atom. The number of pyridine rings is 1. The maximum absolute atomic E-state index is 12.1. The third-order valence-corrected chi connectivity index (χ3v) is 2.99. The smallest absolute Gasteiger partial charge is 0.256 e. The molecule has 22 heavy (non-hydrogen) atoms. The number of carbonyl (C=O) groups excluding carboxylic acids is 1. The van der Waals surface area contributed by atoms with E-state index in [1.165, 1.54) is 0 Å². The van der Waals surface area contributed by atoms with Gasteiger partial charge in [-0.25, -0.2) is 4.98 Å². The van der Waals surface area contributed by atoms with Crippen LogP contribution in [0.2, 0.25) is 0 Å². The van der Waals surface area contributed by atoms with Crippen LogP contribution in [0, 0.1) is 0 Å². The fourth-order valence-corrected chi connectivity index (χ4v) is 1.80. The monoisotopic (exact) mass is 301 g/mol. The van der Waals surface area contributed by atoms with Crippen molar-refractivity contribution in [1.82, 2.24) is 4.98 Å². The molecule has 0 atom stereocenters. The van der Waals surface area contributed by atoms with Crippen LogP contribution in [0.15, 0.2) is 42.6 Å². The molecule has 0 aliphatic rings. The van der Waals surface area contributed by atoms with Gasteiger partial charge in [-0.1, -0.05) is 0 Å². The van der Waals surface area contributed by atoms with E-state index in [0.717, 1.165) is 5.69 Å². The van der Waals surface area contributed by atoms with Crippen molar-refractivity contribution in [3.05, 3.63) is 48.2 Å². The van der Waals surface area contributed by atoms with Crippen LogP contribution in [0.25, 0.3) is 0 Å². The Hall–Kier alpha value is -2.60. The van der Waals surface area contributed by atoms with Crippen molar-refractivity contribution in [2.45, 2.75) is 0 Å². The molecule has 116 valence electrons. The molecule has 6 heteroatoms. The first kappa shape index (κ1) is 15.8. The number of benzene rings is 1. The van der Waals surface area contributed by atoms with E-state index in [4.69, 9.17) is 9.47 Å². The molecule has 1 aromatic heterocycles. The van der Waals surface area contributed by atoms with E-state index < -0.39 is 0 Å². The number of nitrogens with zero attached hydrogens (tertiary/aromatic N) is 1. The molecule has 0 unspecified atom stereocenters. The van der Waals surface area contributed by atoms with Crippen LogP contribution in [-0.2, 0) is 4.74 Å². The number of methoxy groups -OCH3 is 2. The summed E-state index contributed by atoms with van der Waals surface area (Å²) in [7, 11) is 3.24. The number of anilines is 2. The first-order valence-electron chi connectivity index (χ1n) is 6.87. The zero-order chi connectivity index (χ0) is 15.8. The van der Waals surface area contributed by atoms with Crippen LogP contribution in [0.5, 0.6) is 5.75 Å². The third-order valence-electron chi connectivity index (χ3n) is 2.99. The van der Waals surface area contributed by atoms with Gasteiger partial charge in [0, 0.05) is 19.2 Å². The van der Waals surface area contributed by atoms with Crippen molar-refractivity contribution in [3.63, 3.8) is 0 Å². The molecule has 0 aliphatic carbocycles. The van der Waals surface area contributed by atoms with Gasteiger partial charge in [0.05, 0.1) is 25.6 Å². The summed E-state index contributed by atoms with van der Waals surface area (Å²) in [5.74, 6) is 0.995. The summed E-state index contributed by atoms with van der Waals surface area (Å²) in [5.41, 5.74) is 1.42.